The molecule has 1 aromatic heterocycles. The lowest BCUT2D eigenvalue weighted by Crippen LogP contribution is -2.38. The third kappa shape index (κ3) is 4.96. The number of carbonyl (C=O) groups excluding carboxylic acids is 1. The number of likely N-dealkylation sites (tertiary alicyclic amines) is 1. The van der Waals surface area contributed by atoms with Crippen molar-refractivity contribution in [1.82, 2.24) is 9.47 Å². The Morgan fingerprint density at radius 1 is 1.23 bits per heavy atom. The zero-order valence-corrected chi connectivity index (χ0v) is 19.1. The molecule has 5 heteroatoms. The molecule has 1 fully saturated rings. The first kappa shape index (κ1) is 22.6. The molecule has 4 nitrogen and oxygen atoms in total. The minimum absolute atomic E-state index is 0.200. The molecule has 3 rings (SSSR count). The maximum Gasteiger partial charge on any atom is 0.178 e. The van der Waals surface area contributed by atoms with Crippen molar-refractivity contribution in [3.63, 3.8) is 0 Å². The monoisotopic (exact) mass is 425 g/mol. The van der Waals surface area contributed by atoms with Gasteiger partial charge in [-0.2, -0.15) is 5.26 Å². The van der Waals surface area contributed by atoms with Crippen molar-refractivity contribution in [3.05, 3.63) is 52.3 Å². The molecule has 0 radical (unpaired) electrons. The van der Waals surface area contributed by atoms with Crippen LogP contribution in [0.3, 0.4) is 0 Å². The molecule has 1 saturated heterocycles. The predicted molar refractivity (Wildman–Crippen MR) is 122 cm³/mol. The van der Waals surface area contributed by atoms with Crippen LogP contribution in [0.2, 0.25) is 5.02 Å². The molecule has 30 heavy (non-hydrogen) atoms. The van der Waals surface area contributed by atoms with Crippen LogP contribution in [0.15, 0.2) is 30.3 Å². The van der Waals surface area contributed by atoms with Gasteiger partial charge in [0.05, 0.1) is 12.6 Å². The van der Waals surface area contributed by atoms with E-state index in [1.165, 1.54) is 12.8 Å². The topological polar surface area (TPSA) is 49.0 Å². The molecule has 160 valence electrons. The third-order valence-electron chi connectivity index (χ3n) is 6.43. The summed E-state index contributed by atoms with van der Waals surface area (Å²) in [5, 5.41) is 9.52. The molecule has 0 saturated carbocycles. The zero-order valence-electron chi connectivity index (χ0n) is 18.3. The van der Waals surface area contributed by atoms with Crippen molar-refractivity contribution in [1.29, 1.82) is 5.26 Å². The van der Waals surface area contributed by atoms with Gasteiger partial charge in [-0.05, 0) is 82.7 Å². The molecule has 1 aromatic carbocycles. The first-order chi connectivity index (χ1) is 14.5. The van der Waals surface area contributed by atoms with Crippen molar-refractivity contribution < 1.29 is 4.79 Å². The SMILES string of the molecule is CCC1CCC(C)N1CC(=O)c1cc(CCCCC#N)n(-c2ccc(Cl)cc2)c1C. The van der Waals surface area contributed by atoms with Crippen LogP contribution in [0.5, 0.6) is 0 Å². The fourth-order valence-corrected chi connectivity index (χ4v) is 4.82. The lowest BCUT2D eigenvalue weighted by Gasteiger charge is -2.26. The zero-order chi connectivity index (χ0) is 21.7. The highest BCUT2D eigenvalue weighted by Crippen LogP contribution is 2.28. The number of nitriles is 1. The van der Waals surface area contributed by atoms with Crippen molar-refractivity contribution in [2.75, 3.05) is 6.54 Å². The number of aryl methyl sites for hydroxylation is 1. The minimum atomic E-state index is 0.200. The van der Waals surface area contributed by atoms with E-state index in [1.807, 2.05) is 31.2 Å². The van der Waals surface area contributed by atoms with Crippen LogP contribution in [0, 0.1) is 18.3 Å². The van der Waals surface area contributed by atoms with Gasteiger partial charge < -0.3 is 4.57 Å². The van der Waals surface area contributed by atoms with Gasteiger partial charge in [0, 0.05) is 46.2 Å². The van der Waals surface area contributed by atoms with Crippen molar-refractivity contribution >= 4 is 17.4 Å². The van der Waals surface area contributed by atoms with Crippen molar-refractivity contribution in [3.8, 4) is 11.8 Å². The molecule has 0 amide bonds. The number of halogens is 1. The van der Waals surface area contributed by atoms with Gasteiger partial charge in [0.15, 0.2) is 5.78 Å². The van der Waals surface area contributed by atoms with E-state index < -0.39 is 0 Å². The Kier molecular flexibility index (Phi) is 7.75. The maximum absolute atomic E-state index is 13.3. The molecule has 0 spiro atoms. The number of hydrogen-bond donors (Lipinski definition) is 0. The van der Waals surface area contributed by atoms with Gasteiger partial charge in [-0.25, -0.2) is 0 Å². The molecule has 0 N–H and O–H groups in total. The van der Waals surface area contributed by atoms with Gasteiger partial charge in [0.1, 0.15) is 0 Å². The smallest absolute Gasteiger partial charge is 0.178 e. The van der Waals surface area contributed by atoms with Crippen molar-refractivity contribution in [2.24, 2.45) is 0 Å². The Hall–Kier alpha value is -2.09. The van der Waals surface area contributed by atoms with Crippen LogP contribution < -0.4 is 0 Å². The Balaban J connectivity index is 1.89. The largest absolute Gasteiger partial charge is 0.317 e. The number of unbranched alkanes of at least 4 members (excludes halogenated alkanes) is 2. The van der Waals surface area contributed by atoms with E-state index in [0.717, 1.165) is 48.3 Å². The van der Waals surface area contributed by atoms with Gasteiger partial charge in [-0.3, -0.25) is 9.69 Å². The summed E-state index contributed by atoms with van der Waals surface area (Å²) in [7, 11) is 0. The van der Waals surface area contributed by atoms with Gasteiger partial charge in [-0.1, -0.05) is 18.5 Å². The average Bonchev–Trinajstić information content (AvgIpc) is 3.25. The summed E-state index contributed by atoms with van der Waals surface area (Å²) in [6, 6.07) is 13.0. The summed E-state index contributed by atoms with van der Waals surface area (Å²) in [6.07, 6.45) is 6.65. The molecule has 0 aliphatic carbocycles. The van der Waals surface area contributed by atoms with E-state index in [-0.39, 0.29) is 5.78 Å². The fraction of sp³-hybridized carbons (Fsp3) is 0.520. The summed E-state index contributed by atoms with van der Waals surface area (Å²) in [6.45, 7) is 6.96. The van der Waals surface area contributed by atoms with E-state index >= 15 is 0 Å². The number of Topliss-reactive ketones (excluding diaryl/α,β-unsaturated/α-hetero) is 1. The standard InChI is InChI=1S/C25H32ClN3O/c1-4-21-12-9-18(2)28(21)17-25(30)24-16-23(8-6-5-7-15-27)29(19(24)3)22-13-10-20(26)11-14-22/h10-11,13-14,16,18,21H,4-9,12,17H2,1-3H3. The number of nitrogens with zero attached hydrogens (tertiary/aromatic N) is 3. The second kappa shape index (κ2) is 10.3. The highest BCUT2D eigenvalue weighted by Gasteiger charge is 2.31. The summed E-state index contributed by atoms with van der Waals surface area (Å²) in [5.74, 6) is 0.200. The number of ketones is 1. The Bertz CT molecular complexity index is 910. The second-order valence-electron chi connectivity index (χ2n) is 8.40. The first-order valence-electron chi connectivity index (χ1n) is 11.1. The Morgan fingerprint density at radius 2 is 1.97 bits per heavy atom. The van der Waals surface area contributed by atoms with Gasteiger partial charge in [-0.15, -0.1) is 0 Å². The molecule has 2 unspecified atom stereocenters. The summed E-state index contributed by atoms with van der Waals surface area (Å²) in [4.78, 5) is 15.7. The highest BCUT2D eigenvalue weighted by atomic mass is 35.5. The van der Waals surface area contributed by atoms with E-state index in [1.54, 1.807) is 0 Å². The fourth-order valence-electron chi connectivity index (χ4n) is 4.70. The summed E-state index contributed by atoms with van der Waals surface area (Å²) in [5.41, 5.74) is 3.94. The minimum Gasteiger partial charge on any atom is -0.317 e. The molecular formula is C25H32ClN3O. The second-order valence-corrected chi connectivity index (χ2v) is 8.83. The molecule has 2 heterocycles. The number of aromatic nitrogens is 1. The van der Waals surface area contributed by atoms with Gasteiger partial charge in [0.25, 0.3) is 0 Å². The van der Waals surface area contributed by atoms with E-state index in [0.29, 0.717) is 30.1 Å². The van der Waals surface area contributed by atoms with Crippen LogP contribution in [-0.4, -0.2) is 33.9 Å². The maximum atomic E-state index is 13.3. The van der Waals surface area contributed by atoms with Gasteiger partial charge >= 0.3 is 0 Å². The first-order valence-corrected chi connectivity index (χ1v) is 11.5. The number of rotatable bonds is 9. The quantitative estimate of drug-likeness (QED) is 0.359. The van der Waals surface area contributed by atoms with Gasteiger partial charge in [0.2, 0.25) is 0 Å². The van der Waals surface area contributed by atoms with Crippen molar-refractivity contribution in [2.45, 2.75) is 77.8 Å². The summed E-state index contributed by atoms with van der Waals surface area (Å²) < 4.78 is 2.18. The molecule has 0 bridgehead atoms. The third-order valence-corrected chi connectivity index (χ3v) is 6.68. The number of carbonyl (C=O) groups is 1. The molecular weight excluding hydrogens is 394 g/mol. The predicted octanol–water partition coefficient (Wildman–Crippen LogP) is 6.12. The summed E-state index contributed by atoms with van der Waals surface area (Å²) >= 11 is 6.09. The average molecular weight is 426 g/mol. The number of benzene rings is 1. The van der Waals surface area contributed by atoms with Crippen LogP contribution in [-0.2, 0) is 6.42 Å². The molecule has 2 aromatic rings. The Morgan fingerprint density at radius 3 is 2.63 bits per heavy atom. The highest BCUT2D eigenvalue weighted by molar-refractivity contribution is 6.30. The van der Waals surface area contributed by atoms with Crippen LogP contribution >= 0.6 is 11.6 Å². The lowest BCUT2D eigenvalue weighted by atomic mass is 10.1. The molecule has 1 aliphatic rings. The van der Waals surface area contributed by atoms with E-state index in [2.05, 4.69) is 35.5 Å². The van der Waals surface area contributed by atoms with Crippen LogP contribution in [0.1, 0.15) is 74.1 Å². The Labute approximate surface area is 185 Å². The molecule has 1 aliphatic heterocycles. The lowest BCUT2D eigenvalue weighted by molar-refractivity contribution is 0.0888. The number of hydrogen-bond acceptors (Lipinski definition) is 3. The normalized spacial score (nSPS) is 19.2. The van der Waals surface area contributed by atoms with Crippen LogP contribution in [0.25, 0.3) is 5.69 Å². The van der Waals surface area contributed by atoms with E-state index in [9.17, 15) is 4.79 Å². The van der Waals surface area contributed by atoms with Crippen LogP contribution in [0.4, 0.5) is 0 Å². The van der Waals surface area contributed by atoms with E-state index in [4.69, 9.17) is 16.9 Å². The molecule has 2 atom stereocenters.